The van der Waals surface area contributed by atoms with Crippen molar-refractivity contribution in [1.29, 1.82) is 0 Å². The molecule has 1 unspecified atom stereocenters. The first-order valence-electron chi connectivity index (χ1n) is 13.1. The fraction of sp³-hybridized carbons (Fsp3) is 0.379. The average Bonchev–Trinajstić information content (AvgIpc) is 2.99. The van der Waals surface area contributed by atoms with Gasteiger partial charge in [0.25, 0.3) is 0 Å². The Morgan fingerprint density at radius 2 is 1.81 bits per heavy atom. The van der Waals surface area contributed by atoms with E-state index in [4.69, 9.17) is 32.7 Å². The van der Waals surface area contributed by atoms with Crippen molar-refractivity contribution in [2.75, 3.05) is 40.1 Å². The summed E-state index contributed by atoms with van der Waals surface area (Å²) in [6.07, 6.45) is 5.59. The molecule has 1 fully saturated rings. The van der Waals surface area contributed by atoms with Gasteiger partial charge in [-0.2, -0.15) is 0 Å². The van der Waals surface area contributed by atoms with Crippen LogP contribution >= 0.6 is 35.0 Å². The third-order valence-electron chi connectivity index (χ3n) is 6.84. The minimum absolute atomic E-state index is 0.0655. The fourth-order valence-corrected chi connectivity index (χ4v) is 5.60. The van der Waals surface area contributed by atoms with Crippen LogP contribution in [0.1, 0.15) is 24.0 Å². The minimum Gasteiger partial charge on any atom is -0.497 e. The number of hydrogen-bond donors (Lipinski definition) is 3. The number of aliphatic carboxylic acids is 1. The molecule has 0 spiro atoms. The number of amides is 3. The molecule has 3 rings (SSSR count). The van der Waals surface area contributed by atoms with Crippen LogP contribution in [0.4, 0.5) is 0 Å². The van der Waals surface area contributed by atoms with Crippen LogP contribution in [0, 0.1) is 5.92 Å². The summed E-state index contributed by atoms with van der Waals surface area (Å²) in [5.41, 5.74) is 1.19. The van der Waals surface area contributed by atoms with Gasteiger partial charge in [0.15, 0.2) is 0 Å². The molecular formula is C29H33Cl2N3O7S. The number of rotatable bonds is 12. The monoisotopic (exact) mass is 637 g/mol. The van der Waals surface area contributed by atoms with E-state index < -0.39 is 29.7 Å². The number of methoxy groups -OCH3 is 2. The van der Waals surface area contributed by atoms with E-state index in [1.165, 1.54) is 32.1 Å². The third kappa shape index (κ3) is 8.80. The Morgan fingerprint density at radius 1 is 1.10 bits per heavy atom. The van der Waals surface area contributed by atoms with Crippen LogP contribution < -0.4 is 20.1 Å². The smallest absolute Gasteiger partial charge is 0.328 e. The summed E-state index contributed by atoms with van der Waals surface area (Å²) >= 11 is 14.1. The molecule has 2 aromatic rings. The number of halogens is 2. The van der Waals surface area contributed by atoms with E-state index in [2.05, 4.69) is 10.6 Å². The van der Waals surface area contributed by atoms with E-state index in [0.717, 1.165) is 4.90 Å². The normalized spacial score (nSPS) is 14.4. The largest absolute Gasteiger partial charge is 0.497 e. The number of nitrogens with zero attached hydrogens (tertiary/aromatic N) is 1. The molecule has 1 aliphatic rings. The number of carboxylic acid groups (broad SMARTS) is 1. The number of likely N-dealkylation sites (tertiary alicyclic amines) is 1. The van der Waals surface area contributed by atoms with Crippen molar-refractivity contribution in [3.63, 3.8) is 0 Å². The number of carboxylic acids is 1. The molecule has 1 aliphatic heterocycles. The maximum Gasteiger partial charge on any atom is 0.328 e. The molecule has 2 aromatic carbocycles. The van der Waals surface area contributed by atoms with Crippen LogP contribution in [0.5, 0.6) is 11.5 Å². The number of thioether (sulfide) groups is 1. The Morgan fingerprint density at radius 3 is 2.43 bits per heavy atom. The highest BCUT2D eigenvalue weighted by Crippen LogP contribution is 2.35. The molecule has 13 heteroatoms. The van der Waals surface area contributed by atoms with Crippen LogP contribution in [0.15, 0.2) is 41.3 Å². The zero-order valence-electron chi connectivity index (χ0n) is 23.4. The summed E-state index contributed by atoms with van der Waals surface area (Å²) in [6, 6.07) is 7.34. The maximum absolute atomic E-state index is 12.8. The number of carbonyl (C=O) groups excluding carboxylic acids is 3. The number of piperidine rings is 1. The lowest BCUT2D eigenvalue weighted by Gasteiger charge is -2.31. The molecule has 0 aromatic heterocycles. The van der Waals surface area contributed by atoms with E-state index in [9.17, 15) is 24.3 Å². The standard InChI is InChI=1S/C29H33Cl2N3O7S/c1-40-20-6-7-22(41-2)19(14-20)15-24(35)32-16-21(29(38)39)33-28(37)18-10-12-34(13-11-18)25(36)9-5-17-4-8-23(42-3)27(31)26(17)30/h4-9,14,18,21H,10-13,15-16H2,1-3H3,(H,32,35)(H,33,37)(H,38,39). The highest BCUT2D eigenvalue weighted by atomic mass is 35.5. The molecular weight excluding hydrogens is 605 g/mol. The predicted molar refractivity (Wildman–Crippen MR) is 162 cm³/mol. The van der Waals surface area contributed by atoms with E-state index >= 15 is 0 Å². The van der Waals surface area contributed by atoms with Crippen molar-refractivity contribution in [2.24, 2.45) is 5.92 Å². The second-order valence-corrected chi connectivity index (χ2v) is 11.1. The van der Waals surface area contributed by atoms with Crippen molar-refractivity contribution in [3.8, 4) is 11.5 Å². The number of nitrogens with one attached hydrogen (secondary N) is 2. The molecule has 0 saturated carbocycles. The Labute approximate surface area is 258 Å². The van der Waals surface area contributed by atoms with E-state index in [0.29, 0.717) is 58.6 Å². The Bertz CT molecular complexity index is 1350. The Kier molecular flexibility index (Phi) is 12.4. The average molecular weight is 639 g/mol. The molecule has 3 amide bonds. The van der Waals surface area contributed by atoms with Crippen LogP contribution in [0.2, 0.25) is 10.0 Å². The van der Waals surface area contributed by atoms with Gasteiger partial charge in [0.05, 0.1) is 30.7 Å². The van der Waals surface area contributed by atoms with Gasteiger partial charge in [-0.1, -0.05) is 29.3 Å². The third-order valence-corrected chi connectivity index (χ3v) is 8.62. The van der Waals surface area contributed by atoms with Crippen molar-refractivity contribution in [1.82, 2.24) is 15.5 Å². The van der Waals surface area contributed by atoms with Gasteiger partial charge in [0.1, 0.15) is 17.5 Å². The number of benzene rings is 2. The van der Waals surface area contributed by atoms with Crippen LogP contribution in [-0.2, 0) is 25.6 Å². The van der Waals surface area contributed by atoms with Crippen LogP contribution in [0.25, 0.3) is 6.08 Å². The SMILES string of the molecule is COc1ccc(OC)c(CC(=O)NCC(NC(=O)C2CCN(C(=O)C=Cc3ccc(SC)c(Cl)c3Cl)CC2)C(=O)O)c1. The lowest BCUT2D eigenvalue weighted by atomic mass is 9.95. The number of carbonyl (C=O) groups is 4. The molecule has 1 heterocycles. The minimum atomic E-state index is -1.31. The van der Waals surface area contributed by atoms with Crippen molar-refractivity contribution >= 4 is 64.7 Å². The summed E-state index contributed by atoms with van der Waals surface area (Å²) < 4.78 is 10.5. The molecule has 42 heavy (non-hydrogen) atoms. The predicted octanol–water partition coefficient (Wildman–Crippen LogP) is 3.91. The number of hydrogen-bond acceptors (Lipinski definition) is 7. The van der Waals surface area contributed by atoms with Gasteiger partial charge in [-0.25, -0.2) is 4.79 Å². The van der Waals surface area contributed by atoms with E-state index in [-0.39, 0.29) is 18.9 Å². The van der Waals surface area contributed by atoms with Crippen LogP contribution in [0.3, 0.4) is 0 Å². The molecule has 0 aliphatic carbocycles. The topological polar surface area (TPSA) is 134 Å². The lowest BCUT2D eigenvalue weighted by Crippen LogP contribution is -2.51. The Hall–Kier alpha value is -3.41. The molecule has 226 valence electrons. The second-order valence-electron chi connectivity index (χ2n) is 9.48. The van der Waals surface area contributed by atoms with Gasteiger partial charge in [-0.3, -0.25) is 14.4 Å². The molecule has 0 radical (unpaired) electrons. The van der Waals surface area contributed by atoms with Crippen molar-refractivity contribution in [3.05, 3.63) is 57.6 Å². The summed E-state index contributed by atoms with van der Waals surface area (Å²) in [7, 11) is 2.99. The molecule has 1 atom stereocenters. The van der Waals surface area contributed by atoms with Crippen LogP contribution in [-0.4, -0.2) is 79.8 Å². The van der Waals surface area contributed by atoms with Gasteiger partial charge in [0.2, 0.25) is 17.7 Å². The summed E-state index contributed by atoms with van der Waals surface area (Å²) in [4.78, 5) is 52.4. The molecule has 0 bridgehead atoms. The molecule has 10 nitrogen and oxygen atoms in total. The van der Waals surface area contributed by atoms with Crippen molar-refractivity contribution in [2.45, 2.75) is 30.2 Å². The van der Waals surface area contributed by atoms with Gasteiger partial charge in [0, 0.05) is 42.1 Å². The quantitative estimate of drug-likeness (QED) is 0.236. The molecule has 3 N–H and O–H groups in total. The van der Waals surface area contributed by atoms with Crippen molar-refractivity contribution < 1.29 is 33.8 Å². The second kappa shape index (κ2) is 15.7. The lowest BCUT2D eigenvalue weighted by molar-refractivity contribution is -0.142. The first kappa shape index (κ1) is 33.1. The Balaban J connectivity index is 1.50. The van der Waals surface area contributed by atoms with Gasteiger partial charge < -0.3 is 30.1 Å². The summed E-state index contributed by atoms with van der Waals surface area (Å²) in [5, 5.41) is 15.5. The summed E-state index contributed by atoms with van der Waals surface area (Å²) in [5.74, 6) is -1.81. The zero-order chi connectivity index (χ0) is 30.8. The summed E-state index contributed by atoms with van der Waals surface area (Å²) in [6.45, 7) is 0.370. The number of ether oxygens (including phenoxy) is 2. The first-order chi connectivity index (χ1) is 20.1. The highest BCUT2D eigenvalue weighted by molar-refractivity contribution is 7.98. The molecule has 1 saturated heterocycles. The first-order valence-corrected chi connectivity index (χ1v) is 15.1. The maximum atomic E-state index is 12.8. The van der Waals surface area contributed by atoms with Gasteiger partial charge >= 0.3 is 5.97 Å². The van der Waals surface area contributed by atoms with E-state index in [1.807, 2.05) is 12.3 Å². The van der Waals surface area contributed by atoms with Gasteiger partial charge in [-0.15, -0.1) is 11.8 Å². The van der Waals surface area contributed by atoms with Gasteiger partial charge in [-0.05, 0) is 55.0 Å². The fourth-order valence-electron chi connectivity index (χ4n) is 4.42. The van der Waals surface area contributed by atoms with E-state index in [1.54, 1.807) is 35.2 Å². The highest BCUT2D eigenvalue weighted by Gasteiger charge is 2.30. The zero-order valence-corrected chi connectivity index (χ0v) is 25.8.